The summed E-state index contributed by atoms with van der Waals surface area (Å²) in [5, 5.41) is 0. The number of ketones is 1. The highest BCUT2D eigenvalue weighted by atomic mass is 16.6. The Morgan fingerprint density at radius 3 is 1.92 bits per heavy atom. The summed E-state index contributed by atoms with van der Waals surface area (Å²) in [6, 6.07) is 18.4. The number of likely N-dealkylation sites (tertiary alicyclic amines) is 1. The van der Waals surface area contributed by atoms with Crippen LogP contribution in [-0.4, -0.2) is 47.1 Å². The molecule has 2 saturated heterocycles. The second kappa shape index (κ2) is 12.6. The third kappa shape index (κ3) is 9.26. The number of piperidine rings is 1. The highest BCUT2D eigenvalue weighted by Gasteiger charge is 2.49. The minimum Gasteiger partial charge on any atom is -0.491 e. The lowest BCUT2D eigenvalue weighted by atomic mass is 9.74. The maximum atomic E-state index is 10.6. The monoisotopic (exact) mass is 507 g/mol. The third-order valence-corrected chi connectivity index (χ3v) is 7.48. The standard InChI is InChI=1S/C13H25N.C12H16O2.C8H8O/c1-10-8-12(2,3)14(11-6-7-11)13(4,5)9-10;1-9(2)10-3-5-11(6-4-10)13-7-12-8-14-12;1-7(9)8-5-3-2-4-6-8/h10-11H,6-9H2,1-5H3;3-6,9,12H,7-8H2,1-2H3;2-6H,1H3. The van der Waals surface area contributed by atoms with E-state index in [-0.39, 0.29) is 5.78 Å². The summed E-state index contributed by atoms with van der Waals surface area (Å²) in [5.74, 6) is 2.52. The van der Waals surface area contributed by atoms with Crippen molar-refractivity contribution in [2.75, 3.05) is 13.2 Å². The highest BCUT2D eigenvalue weighted by molar-refractivity contribution is 5.93. The van der Waals surface area contributed by atoms with Crippen LogP contribution in [0.4, 0.5) is 0 Å². The van der Waals surface area contributed by atoms with Gasteiger partial charge in [0.1, 0.15) is 18.5 Å². The Hall–Kier alpha value is -2.17. The molecule has 2 aliphatic heterocycles. The number of carbonyl (C=O) groups is 1. The topological polar surface area (TPSA) is 42.1 Å². The van der Waals surface area contributed by atoms with Gasteiger partial charge in [0.05, 0.1) is 6.61 Å². The Labute approximate surface area is 225 Å². The van der Waals surface area contributed by atoms with Gasteiger partial charge in [-0.25, -0.2) is 0 Å². The highest BCUT2D eigenvalue weighted by Crippen LogP contribution is 2.47. The molecule has 2 aromatic carbocycles. The summed E-state index contributed by atoms with van der Waals surface area (Å²) in [5.41, 5.74) is 2.96. The van der Waals surface area contributed by atoms with Gasteiger partial charge in [-0.15, -0.1) is 0 Å². The fraction of sp³-hybridized carbons (Fsp3) is 0.606. The van der Waals surface area contributed by atoms with Crippen molar-refractivity contribution in [1.29, 1.82) is 0 Å². The summed E-state index contributed by atoms with van der Waals surface area (Å²) in [4.78, 5) is 13.5. The Balaban J connectivity index is 0.000000159. The number of carbonyl (C=O) groups excluding carboxylic acids is 1. The van der Waals surface area contributed by atoms with Gasteiger partial charge in [0.2, 0.25) is 0 Å². The fourth-order valence-electron chi connectivity index (χ4n) is 6.09. The van der Waals surface area contributed by atoms with E-state index in [0.717, 1.165) is 29.9 Å². The molecule has 1 unspecified atom stereocenters. The maximum Gasteiger partial charge on any atom is 0.159 e. The molecular weight excluding hydrogens is 458 g/mol. The van der Waals surface area contributed by atoms with Gasteiger partial charge >= 0.3 is 0 Å². The van der Waals surface area contributed by atoms with Crippen LogP contribution in [0.2, 0.25) is 0 Å². The van der Waals surface area contributed by atoms with Crippen LogP contribution < -0.4 is 4.74 Å². The van der Waals surface area contributed by atoms with Gasteiger partial charge in [-0.1, -0.05) is 63.2 Å². The molecule has 37 heavy (non-hydrogen) atoms. The molecule has 5 rings (SSSR count). The summed E-state index contributed by atoms with van der Waals surface area (Å²) < 4.78 is 10.6. The van der Waals surface area contributed by atoms with Crippen molar-refractivity contribution in [3.05, 3.63) is 65.7 Å². The van der Waals surface area contributed by atoms with Crippen molar-refractivity contribution < 1.29 is 14.3 Å². The van der Waals surface area contributed by atoms with Gasteiger partial charge in [-0.05, 0) is 89.8 Å². The lowest BCUT2D eigenvalue weighted by Gasteiger charge is -2.55. The summed E-state index contributed by atoms with van der Waals surface area (Å²) in [7, 11) is 0. The molecule has 2 aromatic rings. The van der Waals surface area contributed by atoms with Gasteiger partial charge in [0.15, 0.2) is 5.78 Å². The number of benzene rings is 2. The van der Waals surface area contributed by atoms with Gasteiger partial charge in [0.25, 0.3) is 0 Å². The zero-order valence-electron chi connectivity index (χ0n) is 24.4. The molecule has 4 heteroatoms. The number of nitrogens with zero attached hydrogens (tertiary/aromatic N) is 1. The Morgan fingerprint density at radius 2 is 1.51 bits per heavy atom. The van der Waals surface area contributed by atoms with Gasteiger partial charge < -0.3 is 9.47 Å². The fourth-order valence-corrected chi connectivity index (χ4v) is 6.09. The third-order valence-electron chi connectivity index (χ3n) is 7.48. The van der Waals surface area contributed by atoms with E-state index in [2.05, 4.69) is 65.5 Å². The Bertz CT molecular complexity index is 954. The van der Waals surface area contributed by atoms with E-state index in [9.17, 15) is 4.79 Å². The minimum absolute atomic E-state index is 0.121. The molecule has 4 nitrogen and oxygen atoms in total. The molecular formula is C33H49NO3. The van der Waals surface area contributed by atoms with Crippen molar-refractivity contribution >= 4 is 5.78 Å². The summed E-state index contributed by atoms with van der Waals surface area (Å²) in [6.07, 6.45) is 5.93. The van der Waals surface area contributed by atoms with Crippen LogP contribution in [0.3, 0.4) is 0 Å². The van der Waals surface area contributed by atoms with E-state index < -0.39 is 0 Å². The second-order valence-corrected chi connectivity index (χ2v) is 12.7. The zero-order valence-corrected chi connectivity index (χ0v) is 24.4. The van der Waals surface area contributed by atoms with E-state index in [1.807, 2.05) is 42.5 Å². The van der Waals surface area contributed by atoms with Crippen molar-refractivity contribution in [3.8, 4) is 5.75 Å². The number of epoxide rings is 1. The van der Waals surface area contributed by atoms with Crippen LogP contribution in [0, 0.1) is 5.92 Å². The molecule has 204 valence electrons. The van der Waals surface area contributed by atoms with Gasteiger partial charge in [0, 0.05) is 22.7 Å². The minimum atomic E-state index is 0.121. The normalized spacial score (nSPS) is 22.2. The van der Waals surface area contributed by atoms with E-state index in [1.165, 1.54) is 31.2 Å². The zero-order chi connectivity index (χ0) is 27.2. The predicted molar refractivity (Wildman–Crippen MR) is 154 cm³/mol. The molecule has 0 spiro atoms. The molecule has 1 atom stereocenters. The summed E-state index contributed by atoms with van der Waals surface area (Å²) >= 11 is 0. The number of hydrogen-bond donors (Lipinski definition) is 0. The van der Waals surface area contributed by atoms with Crippen molar-refractivity contribution in [2.24, 2.45) is 5.92 Å². The molecule has 0 N–H and O–H groups in total. The average Bonchev–Trinajstić information content (AvgIpc) is 3.73. The van der Waals surface area contributed by atoms with E-state index in [1.54, 1.807) is 6.92 Å². The van der Waals surface area contributed by atoms with Crippen molar-refractivity contribution in [3.63, 3.8) is 0 Å². The molecule has 3 aliphatic rings. The maximum absolute atomic E-state index is 10.6. The smallest absolute Gasteiger partial charge is 0.159 e. The Kier molecular flexibility index (Phi) is 9.99. The largest absolute Gasteiger partial charge is 0.491 e. The van der Waals surface area contributed by atoms with Crippen LogP contribution in [-0.2, 0) is 4.74 Å². The first kappa shape index (κ1) is 29.4. The lowest BCUT2D eigenvalue weighted by molar-refractivity contribution is -0.0544. The van der Waals surface area contributed by atoms with Gasteiger partial charge in [-0.3, -0.25) is 9.69 Å². The molecule has 0 aromatic heterocycles. The first-order valence-electron chi connectivity index (χ1n) is 14.1. The van der Waals surface area contributed by atoms with Gasteiger partial charge in [-0.2, -0.15) is 0 Å². The molecule has 1 saturated carbocycles. The molecule has 0 bridgehead atoms. The summed E-state index contributed by atoms with van der Waals surface area (Å²) in [6.45, 7) is 19.6. The molecule has 3 fully saturated rings. The second-order valence-electron chi connectivity index (χ2n) is 12.7. The van der Waals surface area contributed by atoms with Crippen LogP contribution in [0.15, 0.2) is 54.6 Å². The SMILES string of the molecule is CC(=O)c1ccccc1.CC(C)c1ccc(OCC2CO2)cc1.CC1CC(C)(C)N(C2CC2)C(C)(C)C1. The number of Topliss-reactive ketones (excluding diaryl/α,β-unsaturated/α-hetero) is 1. The van der Waals surface area contributed by atoms with Crippen LogP contribution in [0.5, 0.6) is 5.75 Å². The van der Waals surface area contributed by atoms with Crippen LogP contribution in [0.25, 0.3) is 0 Å². The predicted octanol–water partition coefficient (Wildman–Crippen LogP) is 7.91. The lowest BCUT2D eigenvalue weighted by Crippen LogP contribution is -2.61. The molecule has 0 amide bonds. The number of ether oxygens (including phenoxy) is 2. The number of rotatable bonds is 6. The van der Waals surface area contributed by atoms with E-state index in [4.69, 9.17) is 9.47 Å². The molecule has 0 radical (unpaired) electrons. The molecule has 2 heterocycles. The first-order chi connectivity index (χ1) is 17.4. The van der Waals surface area contributed by atoms with Crippen LogP contribution >= 0.6 is 0 Å². The first-order valence-corrected chi connectivity index (χ1v) is 14.1. The quantitative estimate of drug-likeness (QED) is 0.294. The molecule has 1 aliphatic carbocycles. The van der Waals surface area contributed by atoms with Crippen molar-refractivity contribution in [1.82, 2.24) is 4.90 Å². The number of hydrogen-bond acceptors (Lipinski definition) is 4. The van der Waals surface area contributed by atoms with E-state index in [0.29, 0.717) is 29.7 Å². The van der Waals surface area contributed by atoms with Crippen molar-refractivity contribution in [2.45, 2.75) is 110 Å². The van der Waals surface area contributed by atoms with Crippen LogP contribution in [0.1, 0.15) is 103 Å². The Morgan fingerprint density at radius 1 is 0.973 bits per heavy atom. The average molecular weight is 508 g/mol. The van der Waals surface area contributed by atoms with E-state index >= 15 is 0 Å².